The quantitative estimate of drug-likeness (QED) is 0.815. The van der Waals surface area contributed by atoms with Gasteiger partial charge >= 0.3 is 0 Å². The highest BCUT2D eigenvalue weighted by Crippen LogP contribution is 2.26. The Balaban J connectivity index is 1.53. The maximum absolute atomic E-state index is 12.3. The summed E-state index contributed by atoms with van der Waals surface area (Å²) in [6.45, 7) is 2.04. The van der Waals surface area contributed by atoms with E-state index >= 15 is 0 Å². The van der Waals surface area contributed by atoms with Gasteiger partial charge in [-0.1, -0.05) is 16.8 Å². The summed E-state index contributed by atoms with van der Waals surface area (Å²) in [5.41, 5.74) is 1.22. The third kappa shape index (κ3) is 4.25. The molecular weight excluding hydrogens is 362 g/mol. The molecule has 1 unspecified atom stereocenters. The number of amides is 2. The van der Waals surface area contributed by atoms with E-state index in [1.165, 1.54) is 0 Å². The lowest BCUT2D eigenvalue weighted by Gasteiger charge is -2.27. The molecule has 0 saturated carbocycles. The fourth-order valence-electron chi connectivity index (χ4n) is 2.73. The molecule has 0 bridgehead atoms. The summed E-state index contributed by atoms with van der Waals surface area (Å²) in [4.78, 5) is 31.2. The molecule has 1 aromatic rings. The lowest BCUT2D eigenvalue weighted by Crippen LogP contribution is -2.47. The zero-order valence-corrected chi connectivity index (χ0v) is 15.1. The molecule has 0 aliphatic carbocycles. The van der Waals surface area contributed by atoms with Crippen LogP contribution in [0.15, 0.2) is 23.4 Å². The zero-order chi connectivity index (χ0) is 18.5. The maximum Gasteiger partial charge on any atom is 0.264 e. The van der Waals surface area contributed by atoms with E-state index in [0.717, 1.165) is 0 Å². The fraction of sp³-hybridized carbons (Fsp3) is 0.471. The maximum atomic E-state index is 12.3. The molecule has 140 valence electrons. The van der Waals surface area contributed by atoms with Gasteiger partial charge in [-0.3, -0.25) is 9.59 Å². The number of nitrogens with zero attached hydrogens (tertiary/aromatic N) is 2. The van der Waals surface area contributed by atoms with Gasteiger partial charge in [0, 0.05) is 25.1 Å². The molecular formula is C17H20ClN3O5. The van der Waals surface area contributed by atoms with Gasteiger partial charge in [-0.25, -0.2) is 0 Å². The Labute approximate surface area is 156 Å². The number of hydrogen-bond donors (Lipinski definition) is 1. The summed E-state index contributed by atoms with van der Waals surface area (Å²) in [5, 5.41) is 7.07. The second kappa shape index (κ2) is 8.37. The first-order valence-electron chi connectivity index (χ1n) is 8.28. The average molecular weight is 382 g/mol. The fourth-order valence-corrected chi connectivity index (χ4v) is 2.96. The Morgan fingerprint density at radius 2 is 2.15 bits per heavy atom. The molecule has 3 rings (SSSR count). The summed E-state index contributed by atoms with van der Waals surface area (Å²) in [6.07, 6.45) is -0.519. The molecule has 2 aliphatic heterocycles. The number of oxime groups is 1. The topological polar surface area (TPSA) is 89.5 Å². The summed E-state index contributed by atoms with van der Waals surface area (Å²) >= 11 is 6.20. The molecule has 0 spiro atoms. The Morgan fingerprint density at radius 1 is 1.38 bits per heavy atom. The molecule has 0 radical (unpaired) electrons. The van der Waals surface area contributed by atoms with Crippen LogP contribution in [0.3, 0.4) is 0 Å². The second-order valence-electron chi connectivity index (χ2n) is 5.89. The van der Waals surface area contributed by atoms with Crippen LogP contribution in [0.2, 0.25) is 5.02 Å². The third-order valence-electron chi connectivity index (χ3n) is 4.22. The molecule has 1 N–H and O–H groups in total. The summed E-state index contributed by atoms with van der Waals surface area (Å²) in [7, 11) is 1.56. The molecule has 26 heavy (non-hydrogen) atoms. The Morgan fingerprint density at radius 3 is 2.88 bits per heavy atom. The van der Waals surface area contributed by atoms with Crippen LogP contribution in [0.1, 0.15) is 12.0 Å². The van der Waals surface area contributed by atoms with Gasteiger partial charge in [-0.2, -0.15) is 0 Å². The smallest absolute Gasteiger partial charge is 0.264 e. The monoisotopic (exact) mass is 381 g/mol. The van der Waals surface area contributed by atoms with Crippen molar-refractivity contribution in [3.8, 4) is 5.75 Å². The first-order valence-corrected chi connectivity index (χ1v) is 8.66. The van der Waals surface area contributed by atoms with Crippen molar-refractivity contribution in [3.63, 3.8) is 0 Å². The van der Waals surface area contributed by atoms with Crippen molar-refractivity contribution in [1.82, 2.24) is 10.2 Å². The number of hydrogen-bond acceptors (Lipinski definition) is 6. The number of carbonyl (C=O) groups is 2. The number of methoxy groups -OCH3 is 1. The largest absolute Gasteiger partial charge is 0.497 e. The van der Waals surface area contributed by atoms with E-state index < -0.39 is 6.10 Å². The van der Waals surface area contributed by atoms with Crippen LogP contribution >= 0.6 is 11.6 Å². The normalized spacial score (nSPS) is 19.5. The predicted molar refractivity (Wildman–Crippen MR) is 94.4 cm³/mol. The minimum Gasteiger partial charge on any atom is -0.497 e. The molecule has 0 aromatic heterocycles. The minimum atomic E-state index is -0.787. The van der Waals surface area contributed by atoms with Gasteiger partial charge in [-0.05, 0) is 18.2 Å². The minimum absolute atomic E-state index is 0.0755. The number of rotatable bonds is 5. The molecule has 8 nitrogen and oxygen atoms in total. The second-order valence-corrected chi connectivity index (χ2v) is 6.30. The van der Waals surface area contributed by atoms with Gasteiger partial charge in [0.15, 0.2) is 0 Å². The van der Waals surface area contributed by atoms with Crippen LogP contribution < -0.4 is 10.1 Å². The Hall–Kier alpha value is -2.32. The highest BCUT2D eigenvalue weighted by atomic mass is 35.5. The first kappa shape index (κ1) is 18.5. The molecule has 2 amide bonds. The van der Waals surface area contributed by atoms with E-state index in [4.69, 9.17) is 25.9 Å². The number of halogens is 1. The molecule has 2 heterocycles. The summed E-state index contributed by atoms with van der Waals surface area (Å²) < 4.78 is 10.4. The summed E-state index contributed by atoms with van der Waals surface area (Å²) in [6, 6.07) is 5.18. The van der Waals surface area contributed by atoms with Crippen molar-refractivity contribution < 1.29 is 23.9 Å². The van der Waals surface area contributed by atoms with Gasteiger partial charge in [0.2, 0.25) is 12.0 Å². The highest BCUT2D eigenvalue weighted by Gasteiger charge is 2.30. The number of ether oxygens (including phenoxy) is 2. The van der Waals surface area contributed by atoms with Crippen LogP contribution in [0, 0.1) is 0 Å². The zero-order valence-electron chi connectivity index (χ0n) is 14.4. The van der Waals surface area contributed by atoms with Crippen molar-refractivity contribution in [2.45, 2.75) is 12.5 Å². The van der Waals surface area contributed by atoms with Crippen molar-refractivity contribution in [3.05, 3.63) is 28.8 Å². The average Bonchev–Trinajstić information content (AvgIpc) is 3.17. The van der Waals surface area contributed by atoms with Crippen molar-refractivity contribution in [1.29, 1.82) is 0 Å². The van der Waals surface area contributed by atoms with E-state index in [2.05, 4.69) is 10.5 Å². The Kier molecular flexibility index (Phi) is 5.95. The molecule has 1 atom stereocenters. The van der Waals surface area contributed by atoms with Gasteiger partial charge in [0.1, 0.15) is 5.75 Å². The lowest BCUT2D eigenvalue weighted by molar-refractivity contribution is -0.138. The van der Waals surface area contributed by atoms with E-state index in [0.29, 0.717) is 48.4 Å². The van der Waals surface area contributed by atoms with Gasteiger partial charge < -0.3 is 24.5 Å². The van der Waals surface area contributed by atoms with Crippen LogP contribution in [-0.4, -0.2) is 68.5 Å². The van der Waals surface area contributed by atoms with Crippen LogP contribution in [0.5, 0.6) is 5.75 Å². The highest BCUT2D eigenvalue weighted by molar-refractivity contribution is 6.34. The number of nitrogens with one attached hydrogen (secondary N) is 1. The molecule has 1 aromatic carbocycles. The van der Waals surface area contributed by atoms with Crippen LogP contribution in [0.25, 0.3) is 0 Å². The van der Waals surface area contributed by atoms with Crippen LogP contribution in [0.4, 0.5) is 0 Å². The van der Waals surface area contributed by atoms with Gasteiger partial charge in [0.25, 0.3) is 5.91 Å². The van der Waals surface area contributed by atoms with E-state index in [1.807, 2.05) is 0 Å². The lowest BCUT2D eigenvalue weighted by atomic mass is 10.0. The molecule has 2 aliphatic rings. The van der Waals surface area contributed by atoms with Crippen LogP contribution in [-0.2, 0) is 19.2 Å². The number of carbonyl (C=O) groups excluding carboxylic acids is 2. The Bertz CT molecular complexity index is 718. The van der Waals surface area contributed by atoms with Gasteiger partial charge in [0.05, 0.1) is 37.6 Å². The van der Waals surface area contributed by atoms with E-state index in [9.17, 15) is 9.59 Å². The van der Waals surface area contributed by atoms with E-state index in [-0.39, 0.29) is 24.8 Å². The standard InChI is InChI=1S/C17H20ClN3O5/c1-24-11-2-3-13(18)12(8-11)14-9-15(26-20-14)17(23)19-10-16(22)21-4-6-25-7-5-21/h2-3,8,15H,4-7,9-10H2,1H3,(H,19,23). The summed E-state index contributed by atoms with van der Waals surface area (Å²) in [5.74, 6) is 0.108. The molecule has 1 saturated heterocycles. The van der Waals surface area contributed by atoms with Crippen molar-refractivity contribution in [2.75, 3.05) is 40.0 Å². The number of morpholine rings is 1. The van der Waals surface area contributed by atoms with Crippen molar-refractivity contribution in [2.24, 2.45) is 5.16 Å². The molecule has 9 heteroatoms. The SMILES string of the molecule is COc1ccc(Cl)c(C2=NOC(C(=O)NCC(=O)N3CCOCC3)C2)c1. The van der Waals surface area contributed by atoms with Crippen molar-refractivity contribution >= 4 is 29.1 Å². The third-order valence-corrected chi connectivity index (χ3v) is 4.55. The predicted octanol–water partition coefficient (Wildman–Crippen LogP) is 0.817. The molecule has 1 fully saturated rings. The van der Waals surface area contributed by atoms with E-state index in [1.54, 1.807) is 30.2 Å². The first-order chi connectivity index (χ1) is 12.6. The number of benzene rings is 1. The van der Waals surface area contributed by atoms with Gasteiger partial charge in [-0.15, -0.1) is 0 Å².